The third-order valence-corrected chi connectivity index (χ3v) is 5.88. The normalized spacial score (nSPS) is 15.5. The average Bonchev–Trinajstić information content (AvgIpc) is 3.55. The molecule has 3 aromatic rings. The molecule has 1 aromatic heterocycles. The summed E-state index contributed by atoms with van der Waals surface area (Å²) in [5.41, 5.74) is 2.64. The number of nitrogens with zero attached hydrogens (tertiary/aromatic N) is 2. The molecule has 1 N–H and O–H groups in total. The number of carbonyl (C=O) groups is 2. The first-order valence-corrected chi connectivity index (χ1v) is 11.0. The van der Waals surface area contributed by atoms with E-state index in [2.05, 4.69) is 10.2 Å². The van der Waals surface area contributed by atoms with Crippen molar-refractivity contribution in [2.45, 2.75) is 13.1 Å². The molecule has 2 aliphatic heterocycles. The lowest BCUT2D eigenvalue weighted by molar-refractivity contribution is 0.0597. The van der Waals surface area contributed by atoms with E-state index in [0.717, 1.165) is 36.5 Å². The van der Waals surface area contributed by atoms with Gasteiger partial charge in [0.25, 0.3) is 11.8 Å². The van der Waals surface area contributed by atoms with Crippen molar-refractivity contribution >= 4 is 11.8 Å². The van der Waals surface area contributed by atoms with Crippen LogP contribution >= 0.6 is 0 Å². The molecule has 0 atom stereocenters. The SMILES string of the molecule is O=C(NCc1ccc2c(c1)OCO2)c1cccc(CN2CCN(C(=O)c3ccco3)CC2)c1. The molecule has 2 aliphatic rings. The van der Waals surface area contributed by atoms with Crippen molar-refractivity contribution in [2.75, 3.05) is 33.0 Å². The molecular formula is C25H25N3O5. The Bertz CT molecular complexity index is 1140. The number of rotatable bonds is 6. The van der Waals surface area contributed by atoms with Crippen LogP contribution in [0.4, 0.5) is 0 Å². The van der Waals surface area contributed by atoms with E-state index in [0.29, 0.717) is 36.7 Å². The van der Waals surface area contributed by atoms with Gasteiger partial charge in [0, 0.05) is 44.8 Å². The summed E-state index contributed by atoms with van der Waals surface area (Å²) in [6.07, 6.45) is 1.52. The van der Waals surface area contributed by atoms with Crippen molar-refractivity contribution in [3.63, 3.8) is 0 Å². The zero-order valence-electron chi connectivity index (χ0n) is 18.2. The topological polar surface area (TPSA) is 84.3 Å². The van der Waals surface area contributed by atoms with Crippen molar-refractivity contribution in [3.8, 4) is 11.5 Å². The van der Waals surface area contributed by atoms with E-state index in [9.17, 15) is 9.59 Å². The van der Waals surface area contributed by atoms with Crippen molar-refractivity contribution in [1.82, 2.24) is 15.1 Å². The Balaban J connectivity index is 1.13. The Morgan fingerprint density at radius 2 is 1.73 bits per heavy atom. The lowest BCUT2D eigenvalue weighted by Gasteiger charge is -2.34. The number of carbonyl (C=O) groups excluding carboxylic acids is 2. The van der Waals surface area contributed by atoms with E-state index in [-0.39, 0.29) is 18.6 Å². The Morgan fingerprint density at radius 1 is 0.879 bits per heavy atom. The minimum atomic E-state index is -0.122. The fraction of sp³-hybridized carbons (Fsp3) is 0.280. The summed E-state index contributed by atoms with van der Waals surface area (Å²) in [7, 11) is 0. The van der Waals surface area contributed by atoms with Gasteiger partial charge in [-0.25, -0.2) is 0 Å². The highest BCUT2D eigenvalue weighted by Crippen LogP contribution is 2.32. The number of benzene rings is 2. The van der Waals surface area contributed by atoms with Crippen LogP contribution in [0.15, 0.2) is 65.3 Å². The van der Waals surface area contributed by atoms with E-state index in [1.165, 1.54) is 6.26 Å². The van der Waals surface area contributed by atoms with Crippen LogP contribution in [0, 0.1) is 0 Å². The second-order valence-electron chi connectivity index (χ2n) is 8.12. The number of hydrogen-bond acceptors (Lipinski definition) is 6. The molecule has 2 aromatic carbocycles. The first-order valence-electron chi connectivity index (χ1n) is 11.0. The molecule has 8 heteroatoms. The minimum absolute atomic E-state index is 0.0687. The van der Waals surface area contributed by atoms with Crippen LogP contribution < -0.4 is 14.8 Å². The van der Waals surface area contributed by atoms with E-state index in [4.69, 9.17) is 13.9 Å². The highest BCUT2D eigenvalue weighted by atomic mass is 16.7. The first kappa shape index (κ1) is 21.1. The van der Waals surface area contributed by atoms with Gasteiger partial charge in [0.05, 0.1) is 6.26 Å². The Morgan fingerprint density at radius 3 is 2.55 bits per heavy atom. The molecule has 0 unspecified atom stereocenters. The van der Waals surface area contributed by atoms with Crippen molar-refractivity contribution in [1.29, 1.82) is 0 Å². The first-order chi connectivity index (χ1) is 16.2. The van der Waals surface area contributed by atoms with Gasteiger partial charge in [-0.2, -0.15) is 0 Å². The van der Waals surface area contributed by atoms with Crippen molar-refractivity contribution in [2.24, 2.45) is 0 Å². The second kappa shape index (κ2) is 9.38. The van der Waals surface area contributed by atoms with Crippen molar-refractivity contribution in [3.05, 3.63) is 83.3 Å². The molecule has 1 saturated heterocycles. The summed E-state index contributed by atoms with van der Waals surface area (Å²) in [6.45, 7) is 4.20. The third-order valence-electron chi connectivity index (χ3n) is 5.88. The zero-order chi connectivity index (χ0) is 22.6. The highest BCUT2D eigenvalue weighted by molar-refractivity contribution is 5.94. The van der Waals surface area contributed by atoms with Gasteiger partial charge in [0.15, 0.2) is 17.3 Å². The smallest absolute Gasteiger partial charge is 0.289 e. The summed E-state index contributed by atoms with van der Waals surface area (Å²) < 4.78 is 15.9. The van der Waals surface area contributed by atoms with Crippen LogP contribution in [-0.4, -0.2) is 54.6 Å². The van der Waals surface area contributed by atoms with Crippen molar-refractivity contribution < 1.29 is 23.5 Å². The van der Waals surface area contributed by atoms with Crippen LogP contribution in [0.2, 0.25) is 0 Å². The summed E-state index contributed by atoms with van der Waals surface area (Å²) in [4.78, 5) is 29.2. The molecule has 8 nitrogen and oxygen atoms in total. The number of hydrogen-bond donors (Lipinski definition) is 1. The zero-order valence-corrected chi connectivity index (χ0v) is 18.2. The second-order valence-corrected chi connectivity index (χ2v) is 8.12. The molecule has 0 bridgehead atoms. The molecule has 0 spiro atoms. The molecule has 0 aliphatic carbocycles. The molecule has 3 heterocycles. The van der Waals surface area contributed by atoms with Gasteiger partial charge < -0.3 is 24.1 Å². The van der Waals surface area contributed by atoms with Gasteiger partial charge in [0.1, 0.15) is 0 Å². The van der Waals surface area contributed by atoms with Gasteiger partial charge in [-0.3, -0.25) is 14.5 Å². The maximum Gasteiger partial charge on any atom is 0.289 e. The number of furan rings is 1. The molecule has 33 heavy (non-hydrogen) atoms. The number of fused-ring (bicyclic) bond motifs is 1. The lowest BCUT2D eigenvalue weighted by Crippen LogP contribution is -2.48. The fourth-order valence-electron chi connectivity index (χ4n) is 4.07. The van der Waals surface area contributed by atoms with E-state index in [1.54, 1.807) is 12.1 Å². The summed E-state index contributed by atoms with van der Waals surface area (Å²) in [5.74, 6) is 1.62. The van der Waals surface area contributed by atoms with Gasteiger partial charge >= 0.3 is 0 Å². The maximum absolute atomic E-state index is 12.7. The third kappa shape index (κ3) is 4.85. The lowest BCUT2D eigenvalue weighted by atomic mass is 10.1. The molecule has 0 radical (unpaired) electrons. The van der Waals surface area contributed by atoms with E-state index in [1.807, 2.05) is 47.4 Å². The minimum Gasteiger partial charge on any atom is -0.459 e. The summed E-state index contributed by atoms with van der Waals surface area (Å²) in [6, 6.07) is 16.7. The molecular weight excluding hydrogens is 422 g/mol. The van der Waals surface area contributed by atoms with Crippen LogP contribution in [0.25, 0.3) is 0 Å². The molecule has 0 saturated carbocycles. The highest BCUT2D eigenvalue weighted by Gasteiger charge is 2.23. The number of piperazine rings is 1. The van der Waals surface area contributed by atoms with Gasteiger partial charge in [-0.15, -0.1) is 0 Å². The quantitative estimate of drug-likeness (QED) is 0.626. The molecule has 5 rings (SSSR count). The molecule has 170 valence electrons. The van der Waals surface area contributed by atoms with E-state index >= 15 is 0 Å². The Labute approximate surface area is 191 Å². The number of nitrogens with one attached hydrogen (secondary N) is 1. The van der Waals surface area contributed by atoms with Crippen LogP contribution in [-0.2, 0) is 13.1 Å². The van der Waals surface area contributed by atoms with Crippen LogP contribution in [0.1, 0.15) is 32.0 Å². The monoisotopic (exact) mass is 447 g/mol. The molecule has 1 fully saturated rings. The predicted octanol–water partition coefficient (Wildman–Crippen LogP) is 2.90. The number of amides is 2. The van der Waals surface area contributed by atoms with E-state index < -0.39 is 0 Å². The average molecular weight is 447 g/mol. The van der Waals surface area contributed by atoms with Gasteiger partial charge in [-0.1, -0.05) is 18.2 Å². The largest absolute Gasteiger partial charge is 0.459 e. The van der Waals surface area contributed by atoms with Gasteiger partial charge in [-0.05, 0) is 47.5 Å². The Hall–Kier alpha value is -3.78. The summed E-state index contributed by atoms with van der Waals surface area (Å²) >= 11 is 0. The fourth-order valence-corrected chi connectivity index (χ4v) is 4.07. The van der Waals surface area contributed by atoms with Crippen LogP contribution in [0.3, 0.4) is 0 Å². The number of ether oxygens (including phenoxy) is 2. The molecule has 2 amide bonds. The summed E-state index contributed by atoms with van der Waals surface area (Å²) in [5, 5.41) is 2.97. The van der Waals surface area contributed by atoms with Gasteiger partial charge in [0.2, 0.25) is 6.79 Å². The standard InChI is InChI=1S/C25H25N3O5/c29-24(26-15-18-6-7-21-23(14-18)33-17-32-21)20-4-1-3-19(13-20)16-27-8-10-28(11-9-27)25(30)22-5-2-12-31-22/h1-7,12-14H,8-11,15-17H2,(H,26,29). The Kier molecular flexibility index (Phi) is 5.99. The van der Waals surface area contributed by atoms with Crippen LogP contribution in [0.5, 0.6) is 11.5 Å². The predicted molar refractivity (Wildman–Crippen MR) is 120 cm³/mol. The maximum atomic E-state index is 12.7.